The zero-order chi connectivity index (χ0) is 13.8. The van der Waals surface area contributed by atoms with Crippen molar-refractivity contribution >= 4 is 21.4 Å². The molecule has 102 valence electrons. The average molecular weight is 282 g/mol. The summed E-state index contributed by atoms with van der Waals surface area (Å²) in [5.74, 6) is 5.77. The van der Waals surface area contributed by atoms with E-state index < -0.39 is 0 Å². The van der Waals surface area contributed by atoms with Crippen molar-refractivity contribution in [3.63, 3.8) is 0 Å². The van der Waals surface area contributed by atoms with E-state index in [1.165, 1.54) is 21.2 Å². The maximum absolute atomic E-state index is 5.77. The zero-order valence-electron chi connectivity index (χ0n) is 11.3. The lowest BCUT2D eigenvalue weighted by Crippen LogP contribution is -2.28. The van der Waals surface area contributed by atoms with Gasteiger partial charge in [-0.15, -0.1) is 11.3 Å². The van der Waals surface area contributed by atoms with Crippen molar-refractivity contribution in [3.05, 3.63) is 71.1 Å². The third kappa shape index (κ3) is 2.75. The fourth-order valence-electron chi connectivity index (χ4n) is 2.55. The van der Waals surface area contributed by atoms with Crippen molar-refractivity contribution in [2.75, 3.05) is 0 Å². The molecule has 2 aromatic carbocycles. The second kappa shape index (κ2) is 6.18. The highest BCUT2D eigenvalue weighted by Crippen LogP contribution is 2.31. The second-order valence-electron chi connectivity index (χ2n) is 4.93. The normalized spacial score (nSPS) is 12.7. The molecule has 0 fully saturated rings. The Morgan fingerprint density at radius 1 is 1.00 bits per heavy atom. The molecule has 0 saturated heterocycles. The van der Waals surface area contributed by atoms with Gasteiger partial charge >= 0.3 is 0 Å². The van der Waals surface area contributed by atoms with Crippen molar-refractivity contribution in [2.24, 2.45) is 5.84 Å². The van der Waals surface area contributed by atoms with Gasteiger partial charge in [0, 0.05) is 10.7 Å². The minimum Gasteiger partial charge on any atom is -0.271 e. The van der Waals surface area contributed by atoms with Crippen LogP contribution in [0.4, 0.5) is 0 Å². The van der Waals surface area contributed by atoms with E-state index in [9.17, 15) is 0 Å². The average Bonchev–Trinajstić information content (AvgIpc) is 2.93. The van der Waals surface area contributed by atoms with Crippen LogP contribution in [-0.4, -0.2) is 0 Å². The Kier molecular flexibility index (Phi) is 4.11. The first-order valence-electron chi connectivity index (χ1n) is 6.84. The van der Waals surface area contributed by atoms with Crippen LogP contribution in [0.2, 0.25) is 0 Å². The van der Waals surface area contributed by atoms with Crippen LogP contribution in [-0.2, 0) is 6.42 Å². The molecular weight excluding hydrogens is 264 g/mol. The lowest BCUT2D eigenvalue weighted by molar-refractivity contribution is 0.520. The van der Waals surface area contributed by atoms with Gasteiger partial charge in [-0.25, -0.2) is 0 Å². The van der Waals surface area contributed by atoms with Crippen LogP contribution in [0.3, 0.4) is 0 Å². The molecule has 3 rings (SSSR count). The predicted octanol–water partition coefficient (Wildman–Crippen LogP) is 4.04. The SMILES string of the molecule is NNC(CCc1ccccc1)c1csc2ccccc12. The summed E-state index contributed by atoms with van der Waals surface area (Å²) in [6.45, 7) is 0. The third-order valence-corrected chi connectivity index (χ3v) is 4.63. The van der Waals surface area contributed by atoms with Crippen molar-refractivity contribution in [2.45, 2.75) is 18.9 Å². The predicted molar refractivity (Wildman–Crippen MR) is 86.7 cm³/mol. The summed E-state index contributed by atoms with van der Waals surface area (Å²) >= 11 is 1.78. The van der Waals surface area contributed by atoms with Crippen molar-refractivity contribution in [3.8, 4) is 0 Å². The lowest BCUT2D eigenvalue weighted by Gasteiger charge is -2.15. The molecule has 0 aliphatic heterocycles. The van der Waals surface area contributed by atoms with Gasteiger partial charge in [-0.3, -0.25) is 11.3 Å². The summed E-state index contributed by atoms with van der Waals surface area (Å²) in [7, 11) is 0. The summed E-state index contributed by atoms with van der Waals surface area (Å²) in [5.41, 5.74) is 5.64. The molecule has 20 heavy (non-hydrogen) atoms. The van der Waals surface area contributed by atoms with E-state index in [0.717, 1.165) is 12.8 Å². The highest BCUT2D eigenvalue weighted by atomic mass is 32.1. The van der Waals surface area contributed by atoms with E-state index in [4.69, 9.17) is 5.84 Å². The van der Waals surface area contributed by atoms with Gasteiger partial charge in [-0.2, -0.15) is 0 Å². The topological polar surface area (TPSA) is 38.0 Å². The fourth-order valence-corrected chi connectivity index (χ4v) is 3.57. The molecule has 1 atom stereocenters. The Labute approximate surface area is 123 Å². The Morgan fingerprint density at radius 3 is 2.55 bits per heavy atom. The monoisotopic (exact) mass is 282 g/mol. The molecule has 0 saturated carbocycles. The van der Waals surface area contributed by atoms with E-state index in [0.29, 0.717) is 0 Å². The number of hydrogen-bond acceptors (Lipinski definition) is 3. The number of rotatable bonds is 5. The second-order valence-corrected chi connectivity index (χ2v) is 5.84. The lowest BCUT2D eigenvalue weighted by atomic mass is 9.99. The molecule has 3 aromatic rings. The van der Waals surface area contributed by atoms with Gasteiger partial charge in [0.2, 0.25) is 0 Å². The van der Waals surface area contributed by atoms with Gasteiger partial charge in [0.25, 0.3) is 0 Å². The van der Waals surface area contributed by atoms with Gasteiger partial charge in [0.15, 0.2) is 0 Å². The van der Waals surface area contributed by atoms with Crippen LogP contribution in [0, 0.1) is 0 Å². The summed E-state index contributed by atoms with van der Waals surface area (Å²) in [5, 5.41) is 3.54. The highest BCUT2D eigenvalue weighted by Gasteiger charge is 2.14. The number of nitrogens with one attached hydrogen (secondary N) is 1. The summed E-state index contributed by atoms with van der Waals surface area (Å²) in [4.78, 5) is 0. The van der Waals surface area contributed by atoms with Gasteiger partial charge in [0.05, 0.1) is 0 Å². The van der Waals surface area contributed by atoms with E-state index in [1.54, 1.807) is 11.3 Å². The number of benzene rings is 2. The van der Waals surface area contributed by atoms with Crippen molar-refractivity contribution < 1.29 is 0 Å². The quantitative estimate of drug-likeness (QED) is 0.547. The number of nitrogens with two attached hydrogens (primary N) is 1. The molecule has 0 aliphatic rings. The van der Waals surface area contributed by atoms with Crippen LogP contribution in [0.5, 0.6) is 0 Å². The first kappa shape index (κ1) is 13.3. The Morgan fingerprint density at radius 2 is 1.75 bits per heavy atom. The number of hydrazine groups is 1. The van der Waals surface area contributed by atoms with Crippen LogP contribution < -0.4 is 11.3 Å². The van der Waals surface area contributed by atoms with E-state index in [1.807, 2.05) is 0 Å². The molecule has 3 heteroatoms. The highest BCUT2D eigenvalue weighted by molar-refractivity contribution is 7.17. The molecule has 0 spiro atoms. The Bertz CT molecular complexity index is 676. The molecule has 1 aromatic heterocycles. The standard InChI is InChI=1S/C17H18N2S/c18-19-16(11-10-13-6-2-1-3-7-13)15-12-20-17-9-5-4-8-14(15)17/h1-9,12,16,19H,10-11,18H2. The largest absolute Gasteiger partial charge is 0.271 e. The van der Waals surface area contributed by atoms with Gasteiger partial charge in [0.1, 0.15) is 0 Å². The van der Waals surface area contributed by atoms with Crippen molar-refractivity contribution in [1.82, 2.24) is 5.43 Å². The van der Waals surface area contributed by atoms with E-state index in [2.05, 4.69) is 65.4 Å². The van der Waals surface area contributed by atoms with E-state index >= 15 is 0 Å². The number of thiophene rings is 1. The molecule has 1 heterocycles. The van der Waals surface area contributed by atoms with Gasteiger partial charge in [-0.1, -0.05) is 48.5 Å². The number of fused-ring (bicyclic) bond motifs is 1. The summed E-state index contributed by atoms with van der Waals surface area (Å²) in [6, 6.07) is 19.3. The van der Waals surface area contributed by atoms with Gasteiger partial charge in [-0.05, 0) is 40.8 Å². The zero-order valence-corrected chi connectivity index (χ0v) is 12.1. The smallest absolute Gasteiger partial charge is 0.0477 e. The molecule has 3 N–H and O–H groups in total. The molecule has 1 unspecified atom stereocenters. The minimum absolute atomic E-state index is 0.200. The first-order valence-corrected chi connectivity index (χ1v) is 7.72. The summed E-state index contributed by atoms with van der Waals surface area (Å²) in [6.07, 6.45) is 2.03. The molecule has 0 amide bonds. The molecule has 0 bridgehead atoms. The fraction of sp³-hybridized carbons (Fsp3) is 0.176. The van der Waals surface area contributed by atoms with Crippen LogP contribution in [0.25, 0.3) is 10.1 Å². The number of hydrogen-bond donors (Lipinski definition) is 2. The van der Waals surface area contributed by atoms with Gasteiger partial charge < -0.3 is 0 Å². The maximum atomic E-state index is 5.77. The number of aryl methyl sites for hydroxylation is 1. The van der Waals surface area contributed by atoms with E-state index in [-0.39, 0.29) is 6.04 Å². The van der Waals surface area contributed by atoms with Crippen LogP contribution in [0.15, 0.2) is 60.0 Å². The molecular formula is C17H18N2S. The maximum Gasteiger partial charge on any atom is 0.0477 e. The Hall–Kier alpha value is -1.68. The molecule has 0 aliphatic carbocycles. The third-order valence-electron chi connectivity index (χ3n) is 3.65. The Balaban J connectivity index is 1.79. The van der Waals surface area contributed by atoms with Crippen LogP contribution in [0.1, 0.15) is 23.6 Å². The van der Waals surface area contributed by atoms with Crippen molar-refractivity contribution in [1.29, 1.82) is 0 Å². The summed E-state index contributed by atoms with van der Waals surface area (Å²) < 4.78 is 1.32. The molecule has 0 radical (unpaired) electrons. The minimum atomic E-state index is 0.200. The first-order chi connectivity index (χ1) is 9.88. The molecule has 2 nitrogen and oxygen atoms in total. The van der Waals surface area contributed by atoms with Crippen LogP contribution >= 0.6 is 11.3 Å².